The molecule has 5 rings (SSSR count). The maximum atomic E-state index is 13.1. The molecule has 2 aromatic carbocycles. The smallest absolute Gasteiger partial charge is 0.241 e. The molecule has 0 saturated carbocycles. The Bertz CT molecular complexity index is 1090. The summed E-state index contributed by atoms with van der Waals surface area (Å²) in [6.07, 6.45) is 6.84. The first-order valence-electron chi connectivity index (χ1n) is 12.0. The van der Waals surface area contributed by atoms with Crippen LogP contribution in [0.15, 0.2) is 66.9 Å². The molecule has 33 heavy (non-hydrogen) atoms. The van der Waals surface area contributed by atoms with Crippen LogP contribution in [0.3, 0.4) is 0 Å². The van der Waals surface area contributed by atoms with Gasteiger partial charge < -0.3 is 4.90 Å². The number of benzene rings is 2. The van der Waals surface area contributed by atoms with E-state index < -0.39 is 0 Å². The minimum atomic E-state index is -0.207. The molecule has 170 valence electrons. The summed E-state index contributed by atoms with van der Waals surface area (Å²) in [5, 5.41) is 0. The zero-order valence-corrected chi connectivity index (χ0v) is 18.9. The summed E-state index contributed by atoms with van der Waals surface area (Å²) in [5.41, 5.74) is 5.72. The minimum Gasteiger partial charge on any atom is -0.311 e. The molecule has 1 fully saturated rings. The Balaban J connectivity index is 1.14. The molecule has 5 heteroatoms. The molecule has 0 bridgehead atoms. The summed E-state index contributed by atoms with van der Waals surface area (Å²) in [6.45, 7) is 3.15. The van der Waals surface area contributed by atoms with Gasteiger partial charge in [-0.2, -0.15) is 0 Å². The van der Waals surface area contributed by atoms with Crippen molar-refractivity contribution in [2.45, 2.75) is 38.0 Å². The fourth-order valence-electron chi connectivity index (χ4n) is 5.08. The molecule has 2 aliphatic heterocycles. The van der Waals surface area contributed by atoms with E-state index >= 15 is 0 Å². The van der Waals surface area contributed by atoms with E-state index in [2.05, 4.69) is 35.2 Å². The number of likely N-dealkylation sites (tertiary alicyclic amines) is 1. The number of nitrogens with zero attached hydrogens (tertiary/aromatic N) is 3. The molecule has 2 aliphatic rings. The van der Waals surface area contributed by atoms with E-state index in [0.29, 0.717) is 12.5 Å². The first-order chi connectivity index (χ1) is 16.2. The zero-order chi connectivity index (χ0) is 22.6. The Labute approximate surface area is 195 Å². The second-order valence-corrected chi connectivity index (χ2v) is 9.22. The van der Waals surface area contributed by atoms with E-state index in [1.54, 1.807) is 0 Å². The first-order valence-corrected chi connectivity index (χ1v) is 12.0. The third-order valence-electron chi connectivity index (χ3n) is 6.95. The monoisotopic (exact) mass is 443 g/mol. The highest BCUT2D eigenvalue weighted by Crippen LogP contribution is 2.29. The highest BCUT2D eigenvalue weighted by molar-refractivity contribution is 5.95. The molecule has 3 aromatic rings. The number of fused-ring (bicyclic) bond motifs is 1. The van der Waals surface area contributed by atoms with Crippen LogP contribution in [0.1, 0.15) is 47.6 Å². The number of pyridine rings is 1. The van der Waals surface area contributed by atoms with Crippen LogP contribution in [0.2, 0.25) is 0 Å². The van der Waals surface area contributed by atoms with Crippen LogP contribution in [-0.4, -0.2) is 42.0 Å². The van der Waals surface area contributed by atoms with Gasteiger partial charge in [-0.3, -0.25) is 14.7 Å². The zero-order valence-electron chi connectivity index (χ0n) is 18.9. The molecule has 0 N–H and O–H groups in total. The van der Waals surface area contributed by atoms with Gasteiger partial charge in [-0.15, -0.1) is 0 Å². The van der Waals surface area contributed by atoms with Gasteiger partial charge in [0.05, 0.1) is 6.54 Å². The molecule has 0 unspecified atom stereocenters. The molecule has 1 amide bonds. The van der Waals surface area contributed by atoms with Crippen LogP contribution in [0.4, 0.5) is 10.1 Å². The molecule has 0 spiro atoms. The maximum Gasteiger partial charge on any atom is 0.241 e. The number of anilines is 1. The highest BCUT2D eigenvalue weighted by Gasteiger charge is 2.27. The molecule has 0 atom stereocenters. The van der Waals surface area contributed by atoms with Gasteiger partial charge in [0.25, 0.3) is 0 Å². The largest absolute Gasteiger partial charge is 0.311 e. The van der Waals surface area contributed by atoms with Crippen molar-refractivity contribution in [1.29, 1.82) is 0 Å². The SMILES string of the molecule is O=C(CN1CCC(c2ccc(Cc3ccc(F)cc3)cn2)CC1)N1CCCc2ccccc21. The van der Waals surface area contributed by atoms with Crippen LogP contribution < -0.4 is 4.90 Å². The van der Waals surface area contributed by atoms with E-state index in [1.165, 1.54) is 17.7 Å². The van der Waals surface area contributed by atoms with Crippen molar-refractivity contribution in [2.24, 2.45) is 0 Å². The third-order valence-corrected chi connectivity index (χ3v) is 6.95. The number of carbonyl (C=O) groups is 1. The van der Waals surface area contributed by atoms with Gasteiger partial charge in [0.2, 0.25) is 5.91 Å². The van der Waals surface area contributed by atoms with E-state index in [1.807, 2.05) is 29.3 Å². The van der Waals surface area contributed by atoms with Gasteiger partial charge in [-0.1, -0.05) is 36.4 Å². The van der Waals surface area contributed by atoms with Crippen LogP contribution in [0, 0.1) is 5.82 Å². The molecule has 1 saturated heterocycles. The lowest BCUT2D eigenvalue weighted by Gasteiger charge is -2.34. The molecular weight excluding hydrogens is 413 g/mol. The highest BCUT2D eigenvalue weighted by atomic mass is 19.1. The van der Waals surface area contributed by atoms with E-state index in [-0.39, 0.29) is 11.7 Å². The molecule has 4 nitrogen and oxygen atoms in total. The average Bonchev–Trinajstić information content (AvgIpc) is 2.86. The van der Waals surface area contributed by atoms with Crippen LogP contribution in [-0.2, 0) is 17.6 Å². The topological polar surface area (TPSA) is 36.4 Å². The van der Waals surface area contributed by atoms with Gasteiger partial charge in [0.15, 0.2) is 0 Å². The van der Waals surface area contributed by atoms with Gasteiger partial charge >= 0.3 is 0 Å². The Hall–Kier alpha value is -3.05. The summed E-state index contributed by atoms with van der Waals surface area (Å²) < 4.78 is 13.1. The fourth-order valence-corrected chi connectivity index (χ4v) is 5.08. The Morgan fingerprint density at radius 3 is 2.45 bits per heavy atom. The van der Waals surface area contributed by atoms with Gasteiger partial charge in [-0.05, 0) is 86.1 Å². The van der Waals surface area contributed by atoms with Crippen molar-refractivity contribution in [1.82, 2.24) is 9.88 Å². The summed E-state index contributed by atoms with van der Waals surface area (Å²) in [7, 11) is 0. The molecule has 3 heterocycles. The van der Waals surface area contributed by atoms with Gasteiger partial charge in [0, 0.05) is 30.0 Å². The lowest BCUT2D eigenvalue weighted by Crippen LogP contribution is -2.45. The normalized spacial score (nSPS) is 17.1. The predicted octanol–water partition coefficient (Wildman–Crippen LogP) is 4.97. The Morgan fingerprint density at radius 2 is 1.70 bits per heavy atom. The Kier molecular flexibility index (Phi) is 6.49. The van der Waals surface area contributed by atoms with E-state index in [9.17, 15) is 9.18 Å². The molecule has 0 aliphatic carbocycles. The van der Waals surface area contributed by atoms with Crippen molar-refractivity contribution in [2.75, 3.05) is 31.1 Å². The van der Waals surface area contributed by atoms with Crippen LogP contribution in [0.5, 0.6) is 0 Å². The molecular formula is C28H30FN3O. The van der Waals surface area contributed by atoms with Crippen molar-refractivity contribution >= 4 is 11.6 Å². The number of carbonyl (C=O) groups excluding carboxylic acids is 1. The third kappa shape index (κ3) is 5.14. The minimum absolute atomic E-state index is 0.207. The number of halogens is 1. The summed E-state index contributed by atoms with van der Waals surface area (Å²) >= 11 is 0. The number of rotatable bonds is 5. The number of piperidine rings is 1. The van der Waals surface area contributed by atoms with Crippen molar-refractivity contribution in [3.63, 3.8) is 0 Å². The van der Waals surface area contributed by atoms with Gasteiger partial charge in [-0.25, -0.2) is 4.39 Å². The number of amides is 1. The lowest BCUT2D eigenvalue weighted by molar-refractivity contribution is -0.120. The van der Waals surface area contributed by atoms with E-state index in [0.717, 1.165) is 74.2 Å². The first kappa shape index (κ1) is 21.8. The fraction of sp³-hybridized carbons (Fsp3) is 0.357. The average molecular weight is 444 g/mol. The summed E-state index contributed by atoms with van der Waals surface area (Å²) in [4.78, 5) is 22.0. The van der Waals surface area contributed by atoms with E-state index in [4.69, 9.17) is 4.98 Å². The van der Waals surface area contributed by atoms with Crippen LogP contribution >= 0.6 is 0 Å². The molecule has 1 aromatic heterocycles. The molecule has 0 radical (unpaired) electrons. The Morgan fingerprint density at radius 1 is 0.939 bits per heavy atom. The predicted molar refractivity (Wildman–Crippen MR) is 129 cm³/mol. The summed E-state index contributed by atoms with van der Waals surface area (Å²) in [6, 6.07) is 19.2. The van der Waals surface area contributed by atoms with Crippen molar-refractivity contribution < 1.29 is 9.18 Å². The second kappa shape index (κ2) is 9.84. The lowest BCUT2D eigenvalue weighted by atomic mass is 9.92. The number of hydrogen-bond acceptors (Lipinski definition) is 3. The number of aryl methyl sites for hydroxylation is 1. The van der Waals surface area contributed by atoms with Crippen LogP contribution in [0.25, 0.3) is 0 Å². The maximum absolute atomic E-state index is 13.1. The second-order valence-electron chi connectivity index (χ2n) is 9.22. The number of hydrogen-bond donors (Lipinski definition) is 0. The van der Waals surface area contributed by atoms with Crippen molar-refractivity contribution in [3.8, 4) is 0 Å². The summed E-state index contributed by atoms with van der Waals surface area (Å²) in [5.74, 6) is 0.441. The standard InChI is InChI=1S/C28H30FN3O/c29-25-10-7-21(8-11-25)18-22-9-12-26(30-19-22)23-13-16-31(17-14-23)20-28(33)32-15-3-5-24-4-1-2-6-27(24)32/h1-2,4,6-12,19,23H,3,5,13-18,20H2. The quantitative estimate of drug-likeness (QED) is 0.559. The van der Waals surface area contributed by atoms with Crippen molar-refractivity contribution in [3.05, 3.63) is 95.1 Å². The number of para-hydroxylation sites is 1. The van der Waals surface area contributed by atoms with Gasteiger partial charge in [0.1, 0.15) is 5.82 Å². The number of aromatic nitrogens is 1.